The van der Waals surface area contributed by atoms with E-state index in [0.29, 0.717) is 21.1 Å². The van der Waals surface area contributed by atoms with E-state index in [2.05, 4.69) is 19.2 Å². The molecule has 3 unspecified atom stereocenters. The fraction of sp³-hybridized carbons (Fsp3) is 0.600. The first-order valence-electron chi connectivity index (χ1n) is 6.90. The van der Waals surface area contributed by atoms with Gasteiger partial charge in [0.2, 0.25) is 0 Å². The Labute approximate surface area is 130 Å². The van der Waals surface area contributed by atoms with Crippen molar-refractivity contribution in [3.8, 4) is 0 Å². The summed E-state index contributed by atoms with van der Waals surface area (Å²) in [5.41, 5.74) is 1.02. The minimum absolute atomic E-state index is 0.188. The molecule has 1 N–H and O–H groups in total. The van der Waals surface area contributed by atoms with Gasteiger partial charge in [-0.25, -0.2) is 0 Å². The predicted molar refractivity (Wildman–Crippen MR) is 84.4 cm³/mol. The van der Waals surface area contributed by atoms with Crippen LogP contribution in [0.2, 0.25) is 15.1 Å². The second-order valence-electron chi connectivity index (χ2n) is 5.52. The number of hydrogen-bond acceptors (Lipinski definition) is 1. The molecule has 0 radical (unpaired) electrons. The summed E-state index contributed by atoms with van der Waals surface area (Å²) in [6.45, 7) is 4.45. The lowest BCUT2D eigenvalue weighted by Gasteiger charge is -2.32. The fourth-order valence-corrected chi connectivity index (χ4v) is 3.56. The zero-order valence-corrected chi connectivity index (χ0v) is 13.6. The van der Waals surface area contributed by atoms with Gasteiger partial charge in [-0.3, -0.25) is 0 Å². The molecule has 19 heavy (non-hydrogen) atoms. The second-order valence-corrected chi connectivity index (χ2v) is 6.68. The molecule has 1 saturated carbocycles. The Hall–Kier alpha value is 0.0500. The summed E-state index contributed by atoms with van der Waals surface area (Å²) in [6.07, 6.45) is 5.20. The molecular weight excluding hydrogens is 301 g/mol. The summed E-state index contributed by atoms with van der Waals surface area (Å²) in [5, 5.41) is 5.21. The molecule has 3 atom stereocenters. The molecule has 0 aromatic heterocycles. The molecule has 0 amide bonds. The third-order valence-electron chi connectivity index (χ3n) is 4.11. The van der Waals surface area contributed by atoms with Gasteiger partial charge in [0, 0.05) is 12.1 Å². The largest absolute Gasteiger partial charge is 0.307 e. The molecule has 1 aliphatic rings. The highest BCUT2D eigenvalue weighted by molar-refractivity contribution is 6.48. The van der Waals surface area contributed by atoms with Crippen LogP contribution < -0.4 is 5.32 Å². The third kappa shape index (κ3) is 3.58. The zero-order valence-electron chi connectivity index (χ0n) is 11.3. The molecule has 0 aliphatic heterocycles. The van der Waals surface area contributed by atoms with Crippen molar-refractivity contribution in [2.75, 3.05) is 0 Å². The van der Waals surface area contributed by atoms with Crippen LogP contribution in [0.1, 0.15) is 51.1 Å². The SMILES string of the molecule is CC(NC1CCCCC1C)c1ccc(Cl)c(Cl)c1Cl. The molecule has 106 valence electrons. The second kappa shape index (κ2) is 6.67. The normalized spacial score (nSPS) is 25.3. The summed E-state index contributed by atoms with van der Waals surface area (Å²) in [4.78, 5) is 0. The Kier molecular flexibility index (Phi) is 5.42. The Bertz CT molecular complexity index is 447. The van der Waals surface area contributed by atoms with Gasteiger partial charge in [-0.2, -0.15) is 0 Å². The molecule has 1 aromatic carbocycles. The van der Waals surface area contributed by atoms with Crippen molar-refractivity contribution in [3.05, 3.63) is 32.8 Å². The first kappa shape index (κ1) is 15.4. The summed E-state index contributed by atoms with van der Waals surface area (Å²) < 4.78 is 0. The van der Waals surface area contributed by atoms with E-state index in [1.807, 2.05) is 12.1 Å². The van der Waals surface area contributed by atoms with Crippen molar-refractivity contribution in [1.29, 1.82) is 0 Å². The van der Waals surface area contributed by atoms with E-state index in [0.717, 1.165) is 11.5 Å². The maximum atomic E-state index is 6.29. The van der Waals surface area contributed by atoms with Crippen LogP contribution >= 0.6 is 34.8 Å². The molecule has 2 rings (SSSR count). The van der Waals surface area contributed by atoms with Gasteiger partial charge in [0.05, 0.1) is 15.1 Å². The van der Waals surface area contributed by atoms with Crippen molar-refractivity contribution in [3.63, 3.8) is 0 Å². The zero-order chi connectivity index (χ0) is 14.0. The van der Waals surface area contributed by atoms with Gasteiger partial charge in [0.25, 0.3) is 0 Å². The molecule has 0 saturated heterocycles. The van der Waals surface area contributed by atoms with Crippen LogP contribution in [-0.4, -0.2) is 6.04 Å². The maximum Gasteiger partial charge on any atom is 0.0781 e. The molecule has 0 spiro atoms. The molecule has 1 fully saturated rings. The Morgan fingerprint density at radius 1 is 1.11 bits per heavy atom. The van der Waals surface area contributed by atoms with Crippen molar-refractivity contribution >= 4 is 34.8 Å². The number of nitrogens with one attached hydrogen (secondary N) is 1. The van der Waals surface area contributed by atoms with E-state index >= 15 is 0 Å². The lowest BCUT2D eigenvalue weighted by atomic mass is 9.85. The summed E-state index contributed by atoms with van der Waals surface area (Å²) in [7, 11) is 0. The summed E-state index contributed by atoms with van der Waals surface area (Å²) >= 11 is 18.4. The Morgan fingerprint density at radius 2 is 1.79 bits per heavy atom. The fourth-order valence-electron chi connectivity index (χ4n) is 2.85. The lowest BCUT2D eigenvalue weighted by molar-refractivity contribution is 0.263. The monoisotopic (exact) mass is 319 g/mol. The Balaban J connectivity index is 2.11. The van der Waals surface area contributed by atoms with Gasteiger partial charge in [0.1, 0.15) is 0 Å². The van der Waals surface area contributed by atoms with Crippen LogP contribution in [-0.2, 0) is 0 Å². The van der Waals surface area contributed by atoms with Gasteiger partial charge in [-0.05, 0) is 37.3 Å². The number of benzene rings is 1. The summed E-state index contributed by atoms with van der Waals surface area (Å²) in [5.74, 6) is 0.720. The first-order valence-corrected chi connectivity index (χ1v) is 8.03. The lowest BCUT2D eigenvalue weighted by Crippen LogP contribution is -2.38. The highest BCUT2D eigenvalue weighted by Gasteiger charge is 2.24. The quantitative estimate of drug-likeness (QED) is 0.686. The molecule has 1 nitrogen and oxygen atoms in total. The molecule has 1 aliphatic carbocycles. The average Bonchev–Trinajstić information content (AvgIpc) is 2.39. The molecule has 0 bridgehead atoms. The van der Waals surface area contributed by atoms with Crippen molar-refractivity contribution in [2.45, 2.75) is 51.6 Å². The maximum absolute atomic E-state index is 6.29. The van der Waals surface area contributed by atoms with E-state index in [1.54, 1.807) is 0 Å². The van der Waals surface area contributed by atoms with Gasteiger partial charge >= 0.3 is 0 Å². The van der Waals surface area contributed by atoms with Crippen LogP contribution in [0.15, 0.2) is 12.1 Å². The van der Waals surface area contributed by atoms with Crippen LogP contribution in [0, 0.1) is 5.92 Å². The summed E-state index contributed by atoms with van der Waals surface area (Å²) in [6, 6.07) is 4.53. The highest BCUT2D eigenvalue weighted by atomic mass is 35.5. The van der Waals surface area contributed by atoms with E-state index in [-0.39, 0.29) is 6.04 Å². The predicted octanol–water partition coefficient (Wildman–Crippen LogP) is 5.88. The van der Waals surface area contributed by atoms with Crippen LogP contribution in [0.5, 0.6) is 0 Å². The number of hydrogen-bond donors (Lipinski definition) is 1. The van der Waals surface area contributed by atoms with Gasteiger partial charge in [-0.1, -0.05) is 60.6 Å². The molecule has 1 aromatic rings. The van der Waals surface area contributed by atoms with Crippen molar-refractivity contribution in [1.82, 2.24) is 5.32 Å². The first-order chi connectivity index (χ1) is 9.00. The van der Waals surface area contributed by atoms with E-state index in [4.69, 9.17) is 34.8 Å². The van der Waals surface area contributed by atoms with Gasteiger partial charge < -0.3 is 5.32 Å². The minimum atomic E-state index is 0.188. The van der Waals surface area contributed by atoms with E-state index < -0.39 is 0 Å². The molecule has 4 heteroatoms. The minimum Gasteiger partial charge on any atom is -0.307 e. The smallest absolute Gasteiger partial charge is 0.0781 e. The van der Waals surface area contributed by atoms with Crippen LogP contribution in [0.25, 0.3) is 0 Å². The van der Waals surface area contributed by atoms with Crippen molar-refractivity contribution in [2.24, 2.45) is 5.92 Å². The average molecular weight is 321 g/mol. The van der Waals surface area contributed by atoms with Crippen LogP contribution in [0.3, 0.4) is 0 Å². The molecule has 0 heterocycles. The van der Waals surface area contributed by atoms with Crippen LogP contribution in [0.4, 0.5) is 0 Å². The van der Waals surface area contributed by atoms with Gasteiger partial charge in [-0.15, -0.1) is 0 Å². The number of halogens is 3. The molecular formula is C15H20Cl3N. The standard InChI is InChI=1S/C15H20Cl3N/c1-9-5-3-4-6-13(9)19-10(2)11-7-8-12(16)15(18)14(11)17/h7-10,13,19H,3-6H2,1-2H3. The highest BCUT2D eigenvalue weighted by Crippen LogP contribution is 2.36. The van der Waals surface area contributed by atoms with Crippen molar-refractivity contribution < 1.29 is 0 Å². The Morgan fingerprint density at radius 3 is 2.47 bits per heavy atom. The van der Waals surface area contributed by atoms with E-state index in [1.165, 1.54) is 25.7 Å². The third-order valence-corrected chi connectivity index (χ3v) is 5.42. The van der Waals surface area contributed by atoms with E-state index in [9.17, 15) is 0 Å². The topological polar surface area (TPSA) is 12.0 Å². The number of rotatable bonds is 3. The van der Waals surface area contributed by atoms with Gasteiger partial charge in [0.15, 0.2) is 0 Å².